The molecule has 0 unspecified atom stereocenters. The van der Waals surface area contributed by atoms with Crippen molar-refractivity contribution in [2.75, 3.05) is 22.9 Å². The van der Waals surface area contributed by atoms with E-state index in [0.29, 0.717) is 22.6 Å². The summed E-state index contributed by atoms with van der Waals surface area (Å²) < 4.78 is 53.9. The van der Waals surface area contributed by atoms with Crippen LogP contribution in [0.1, 0.15) is 0 Å². The fraction of sp³-hybridized carbons (Fsp3) is 0. The number of hydrogen-bond donors (Lipinski definition) is 4. The van der Waals surface area contributed by atoms with Crippen LogP contribution in [0, 0.1) is 23.3 Å². The van der Waals surface area contributed by atoms with Crippen molar-refractivity contribution in [3.05, 3.63) is 96.1 Å². The van der Waals surface area contributed by atoms with Crippen LogP contribution in [0.4, 0.5) is 40.3 Å². The van der Waals surface area contributed by atoms with Gasteiger partial charge >= 0.3 is 0 Å². The highest BCUT2D eigenvalue weighted by Gasteiger charge is 2.18. The molecule has 0 aliphatic carbocycles. The fourth-order valence-electron chi connectivity index (χ4n) is 2.96. The standard InChI is InChI=1S/C12H9F3N2.C12H11FN2/c13-8-5-9(17)11(14)12(15)10(8)6-1-3-7(16)4-2-6;13-12-7-10(15)5-6-11(12)8-1-3-9(14)4-2-8/h1-5H,16-17H2;1-7H,14-15H2. The summed E-state index contributed by atoms with van der Waals surface area (Å²) in [5, 5.41) is 0. The van der Waals surface area contributed by atoms with E-state index in [1.807, 2.05) is 0 Å². The maximum Gasteiger partial charge on any atom is 0.182 e. The van der Waals surface area contributed by atoms with Crippen LogP contribution in [0.15, 0.2) is 72.8 Å². The van der Waals surface area contributed by atoms with Crippen molar-refractivity contribution in [3.8, 4) is 22.3 Å². The van der Waals surface area contributed by atoms with Crippen LogP contribution in [0.2, 0.25) is 0 Å². The minimum atomic E-state index is -1.30. The Kier molecular flexibility index (Phi) is 6.53. The van der Waals surface area contributed by atoms with Crippen LogP contribution in [-0.2, 0) is 0 Å². The van der Waals surface area contributed by atoms with Gasteiger partial charge in [-0.05, 0) is 53.6 Å². The molecule has 4 rings (SSSR count). The van der Waals surface area contributed by atoms with Crippen molar-refractivity contribution >= 4 is 22.7 Å². The van der Waals surface area contributed by atoms with Gasteiger partial charge in [0.25, 0.3) is 0 Å². The first-order valence-corrected chi connectivity index (χ1v) is 9.37. The molecule has 4 aromatic rings. The number of nitrogens with two attached hydrogens (primary N) is 4. The molecule has 0 spiro atoms. The lowest BCUT2D eigenvalue weighted by Gasteiger charge is -2.08. The third kappa shape index (κ3) is 4.92. The molecule has 0 atom stereocenters. The first kappa shape index (κ1) is 22.5. The zero-order valence-corrected chi connectivity index (χ0v) is 16.7. The van der Waals surface area contributed by atoms with Crippen LogP contribution in [0.5, 0.6) is 0 Å². The summed E-state index contributed by atoms with van der Waals surface area (Å²) >= 11 is 0. The Morgan fingerprint density at radius 1 is 0.469 bits per heavy atom. The predicted molar refractivity (Wildman–Crippen MR) is 121 cm³/mol. The molecule has 32 heavy (non-hydrogen) atoms. The van der Waals surface area contributed by atoms with Gasteiger partial charge in [-0.25, -0.2) is 17.6 Å². The van der Waals surface area contributed by atoms with E-state index >= 15 is 0 Å². The van der Waals surface area contributed by atoms with Gasteiger partial charge < -0.3 is 22.9 Å². The van der Waals surface area contributed by atoms with Crippen LogP contribution in [-0.4, -0.2) is 0 Å². The molecule has 0 fully saturated rings. The second kappa shape index (κ2) is 9.30. The number of hydrogen-bond acceptors (Lipinski definition) is 4. The molecule has 164 valence electrons. The van der Waals surface area contributed by atoms with Gasteiger partial charge in [-0.3, -0.25) is 0 Å². The molecular formula is C24H20F4N4. The fourth-order valence-corrected chi connectivity index (χ4v) is 2.96. The minimum absolute atomic E-state index is 0.202. The molecule has 0 saturated heterocycles. The number of anilines is 4. The van der Waals surface area contributed by atoms with Gasteiger partial charge in [0.15, 0.2) is 11.6 Å². The number of nitrogen functional groups attached to an aromatic ring is 4. The molecule has 0 heterocycles. The molecule has 8 N–H and O–H groups in total. The number of halogens is 4. The molecule has 4 aromatic carbocycles. The monoisotopic (exact) mass is 440 g/mol. The SMILES string of the molecule is Nc1ccc(-c2c(F)cc(N)c(F)c2F)cc1.Nc1ccc(-c2ccc(N)cc2F)cc1. The van der Waals surface area contributed by atoms with E-state index in [2.05, 4.69) is 0 Å². The minimum Gasteiger partial charge on any atom is -0.399 e. The maximum atomic E-state index is 13.6. The van der Waals surface area contributed by atoms with Gasteiger partial charge in [0.1, 0.15) is 11.6 Å². The first-order valence-electron chi connectivity index (χ1n) is 9.37. The highest BCUT2D eigenvalue weighted by molar-refractivity contribution is 5.69. The van der Waals surface area contributed by atoms with Crippen molar-refractivity contribution < 1.29 is 17.6 Å². The zero-order chi connectivity index (χ0) is 23.4. The van der Waals surface area contributed by atoms with Crippen molar-refractivity contribution in [1.29, 1.82) is 0 Å². The summed E-state index contributed by atoms with van der Waals surface area (Å²) in [7, 11) is 0. The Morgan fingerprint density at radius 3 is 1.50 bits per heavy atom. The van der Waals surface area contributed by atoms with E-state index in [1.54, 1.807) is 36.4 Å². The van der Waals surface area contributed by atoms with Crippen molar-refractivity contribution in [2.24, 2.45) is 0 Å². The Hall–Kier alpha value is -4.20. The molecule has 0 aliphatic heterocycles. The van der Waals surface area contributed by atoms with Gasteiger partial charge in [-0.15, -0.1) is 0 Å². The molecule has 8 heteroatoms. The van der Waals surface area contributed by atoms with Crippen LogP contribution in [0.3, 0.4) is 0 Å². The lowest BCUT2D eigenvalue weighted by Crippen LogP contribution is -2.00. The van der Waals surface area contributed by atoms with E-state index in [1.165, 1.54) is 30.3 Å². The van der Waals surface area contributed by atoms with E-state index < -0.39 is 28.7 Å². The third-order valence-corrected chi connectivity index (χ3v) is 4.60. The normalized spacial score (nSPS) is 10.4. The van der Waals surface area contributed by atoms with E-state index in [0.717, 1.165) is 11.6 Å². The molecule has 0 bridgehead atoms. The lowest BCUT2D eigenvalue weighted by molar-refractivity contribution is 0.502. The van der Waals surface area contributed by atoms with Crippen LogP contribution in [0.25, 0.3) is 22.3 Å². The Bertz CT molecular complexity index is 1240. The van der Waals surface area contributed by atoms with E-state index in [9.17, 15) is 17.6 Å². The number of benzene rings is 4. The Morgan fingerprint density at radius 2 is 0.969 bits per heavy atom. The summed E-state index contributed by atoms with van der Waals surface area (Å²) in [5.74, 6) is -3.78. The molecule has 0 amide bonds. The van der Waals surface area contributed by atoms with Crippen molar-refractivity contribution in [1.82, 2.24) is 0 Å². The van der Waals surface area contributed by atoms with Gasteiger partial charge in [0.2, 0.25) is 0 Å². The van der Waals surface area contributed by atoms with Crippen molar-refractivity contribution in [3.63, 3.8) is 0 Å². The maximum absolute atomic E-state index is 13.6. The van der Waals surface area contributed by atoms with Gasteiger partial charge in [-0.2, -0.15) is 0 Å². The zero-order valence-electron chi connectivity index (χ0n) is 16.7. The highest BCUT2D eigenvalue weighted by atomic mass is 19.2. The van der Waals surface area contributed by atoms with E-state index in [4.69, 9.17) is 22.9 Å². The van der Waals surface area contributed by atoms with Crippen molar-refractivity contribution in [2.45, 2.75) is 0 Å². The predicted octanol–water partition coefficient (Wildman–Crippen LogP) is 5.59. The molecule has 0 saturated carbocycles. The average Bonchev–Trinajstić information content (AvgIpc) is 2.75. The van der Waals surface area contributed by atoms with Gasteiger partial charge in [0, 0.05) is 28.7 Å². The summed E-state index contributed by atoms with van der Waals surface area (Å²) in [6.07, 6.45) is 0. The smallest absolute Gasteiger partial charge is 0.182 e. The molecule has 4 nitrogen and oxygen atoms in total. The molecular weight excluding hydrogens is 420 g/mol. The average molecular weight is 440 g/mol. The molecule has 0 radical (unpaired) electrons. The van der Waals surface area contributed by atoms with Gasteiger partial charge in [0.05, 0.1) is 11.3 Å². The van der Waals surface area contributed by atoms with Gasteiger partial charge in [-0.1, -0.05) is 24.3 Å². The summed E-state index contributed by atoms with van der Waals surface area (Å²) in [6.45, 7) is 0. The second-order valence-electron chi connectivity index (χ2n) is 6.93. The second-order valence-corrected chi connectivity index (χ2v) is 6.93. The quantitative estimate of drug-likeness (QED) is 0.185. The molecule has 0 aliphatic rings. The Labute approximate surface area is 182 Å². The third-order valence-electron chi connectivity index (χ3n) is 4.60. The topological polar surface area (TPSA) is 104 Å². The Balaban J connectivity index is 0.000000182. The lowest BCUT2D eigenvalue weighted by atomic mass is 10.0. The number of rotatable bonds is 2. The van der Waals surface area contributed by atoms with E-state index in [-0.39, 0.29) is 11.4 Å². The summed E-state index contributed by atoms with van der Waals surface area (Å²) in [4.78, 5) is 0. The summed E-state index contributed by atoms with van der Waals surface area (Å²) in [6, 6.07) is 18.2. The first-order chi connectivity index (χ1) is 15.2. The van der Waals surface area contributed by atoms with Crippen LogP contribution >= 0.6 is 0 Å². The highest BCUT2D eigenvalue weighted by Crippen LogP contribution is 2.31. The molecule has 0 aromatic heterocycles. The summed E-state index contributed by atoms with van der Waals surface area (Å²) in [5.41, 5.74) is 23.7. The largest absolute Gasteiger partial charge is 0.399 e. The van der Waals surface area contributed by atoms with Crippen LogP contribution < -0.4 is 22.9 Å².